The van der Waals surface area contributed by atoms with E-state index in [2.05, 4.69) is 4.98 Å². The Bertz CT molecular complexity index is 454. The van der Waals surface area contributed by atoms with E-state index in [9.17, 15) is 5.11 Å². The molecular weight excluding hydrogens is 188 g/mol. The minimum Gasteiger partial charge on any atom is -0.508 e. The van der Waals surface area contributed by atoms with Crippen LogP contribution in [0.4, 0.5) is 5.69 Å². The van der Waals surface area contributed by atoms with Gasteiger partial charge in [-0.25, -0.2) is 0 Å². The van der Waals surface area contributed by atoms with E-state index in [-0.39, 0.29) is 5.75 Å². The van der Waals surface area contributed by atoms with Crippen LogP contribution in [-0.4, -0.2) is 10.1 Å². The summed E-state index contributed by atoms with van der Waals surface area (Å²) in [5, 5.41) is 9.35. The lowest BCUT2D eigenvalue weighted by Crippen LogP contribution is -1.95. The molecule has 0 saturated carbocycles. The summed E-state index contributed by atoms with van der Waals surface area (Å²) in [4.78, 5) is 3.95. The highest BCUT2D eigenvalue weighted by molar-refractivity contribution is 5.51. The number of phenols is 1. The fraction of sp³-hybridized carbons (Fsp3) is 0.0833. The third kappa shape index (κ3) is 2.26. The van der Waals surface area contributed by atoms with Crippen molar-refractivity contribution in [2.75, 3.05) is 5.73 Å². The number of pyridine rings is 1. The Kier molecular flexibility index (Phi) is 2.54. The number of anilines is 1. The molecule has 2 rings (SSSR count). The molecule has 0 aliphatic carbocycles. The van der Waals surface area contributed by atoms with Crippen molar-refractivity contribution in [2.45, 2.75) is 6.42 Å². The molecule has 3 N–H and O–H groups in total. The van der Waals surface area contributed by atoms with Gasteiger partial charge in [-0.05, 0) is 47.9 Å². The predicted octanol–water partition coefficient (Wildman–Crippen LogP) is 1.96. The second-order valence-corrected chi connectivity index (χ2v) is 3.42. The highest BCUT2D eigenvalue weighted by atomic mass is 16.3. The largest absolute Gasteiger partial charge is 0.508 e. The molecule has 0 aliphatic heterocycles. The quantitative estimate of drug-likeness (QED) is 0.575. The van der Waals surface area contributed by atoms with Gasteiger partial charge in [0.05, 0.1) is 0 Å². The predicted molar refractivity (Wildman–Crippen MR) is 59.6 cm³/mol. The molecule has 0 bridgehead atoms. The van der Waals surface area contributed by atoms with Crippen molar-refractivity contribution in [3.63, 3.8) is 0 Å². The number of hydrogen-bond donors (Lipinski definition) is 2. The molecule has 1 aromatic heterocycles. The summed E-state index contributed by atoms with van der Waals surface area (Å²) in [7, 11) is 0. The van der Waals surface area contributed by atoms with Gasteiger partial charge in [0.2, 0.25) is 0 Å². The lowest BCUT2D eigenvalue weighted by molar-refractivity contribution is 0.475. The highest BCUT2D eigenvalue weighted by Gasteiger charge is 2.01. The normalized spacial score (nSPS) is 10.1. The molecule has 1 aromatic carbocycles. The fourth-order valence-electron chi connectivity index (χ4n) is 1.47. The van der Waals surface area contributed by atoms with Crippen LogP contribution in [0.5, 0.6) is 5.75 Å². The topological polar surface area (TPSA) is 59.1 Å². The number of rotatable bonds is 2. The Morgan fingerprint density at radius 3 is 2.60 bits per heavy atom. The molecule has 1 heterocycles. The Morgan fingerprint density at radius 2 is 1.87 bits per heavy atom. The van der Waals surface area contributed by atoms with Crippen molar-refractivity contribution in [2.24, 2.45) is 0 Å². The van der Waals surface area contributed by atoms with E-state index < -0.39 is 0 Å². The van der Waals surface area contributed by atoms with E-state index in [1.807, 2.05) is 12.1 Å². The lowest BCUT2D eigenvalue weighted by atomic mass is 10.0. The van der Waals surface area contributed by atoms with Gasteiger partial charge in [0.15, 0.2) is 0 Å². The van der Waals surface area contributed by atoms with Crippen LogP contribution in [0, 0.1) is 0 Å². The minimum absolute atomic E-state index is 0.244. The molecule has 0 amide bonds. The smallest absolute Gasteiger partial charge is 0.116 e. The number of nitrogens with zero attached hydrogens (tertiary/aromatic N) is 1. The van der Waals surface area contributed by atoms with Crippen molar-refractivity contribution in [1.82, 2.24) is 4.98 Å². The number of hydrogen-bond acceptors (Lipinski definition) is 3. The summed E-state index contributed by atoms with van der Waals surface area (Å²) < 4.78 is 0. The Balaban J connectivity index is 2.28. The zero-order valence-electron chi connectivity index (χ0n) is 8.22. The maximum atomic E-state index is 9.35. The van der Waals surface area contributed by atoms with Crippen molar-refractivity contribution in [3.8, 4) is 5.75 Å². The van der Waals surface area contributed by atoms with Crippen LogP contribution in [0.2, 0.25) is 0 Å². The van der Waals surface area contributed by atoms with E-state index >= 15 is 0 Å². The van der Waals surface area contributed by atoms with Gasteiger partial charge in [-0.2, -0.15) is 0 Å². The fourth-order valence-corrected chi connectivity index (χ4v) is 1.47. The van der Waals surface area contributed by atoms with Gasteiger partial charge in [0, 0.05) is 18.1 Å². The molecule has 3 heteroatoms. The van der Waals surface area contributed by atoms with Gasteiger partial charge >= 0.3 is 0 Å². The number of aromatic hydroxyl groups is 1. The van der Waals surface area contributed by atoms with E-state index in [0.717, 1.165) is 11.1 Å². The number of benzene rings is 1. The van der Waals surface area contributed by atoms with Gasteiger partial charge in [-0.1, -0.05) is 0 Å². The Morgan fingerprint density at radius 1 is 1.13 bits per heavy atom. The second kappa shape index (κ2) is 4.00. The third-order valence-corrected chi connectivity index (χ3v) is 2.27. The summed E-state index contributed by atoms with van der Waals surface area (Å²) >= 11 is 0. The van der Waals surface area contributed by atoms with E-state index in [4.69, 9.17) is 5.73 Å². The Hall–Kier alpha value is -2.03. The van der Waals surface area contributed by atoms with Crippen molar-refractivity contribution < 1.29 is 5.11 Å². The zero-order chi connectivity index (χ0) is 10.7. The van der Waals surface area contributed by atoms with E-state index in [1.165, 1.54) is 0 Å². The highest BCUT2D eigenvalue weighted by Crippen LogP contribution is 2.21. The summed E-state index contributed by atoms with van der Waals surface area (Å²) in [5.41, 5.74) is 8.57. The molecule has 2 aromatic rings. The second-order valence-electron chi connectivity index (χ2n) is 3.42. The minimum atomic E-state index is 0.244. The molecule has 0 unspecified atom stereocenters. The molecule has 15 heavy (non-hydrogen) atoms. The standard InChI is InChI=1S/C12H12N2O/c13-12-2-1-11(15)8-10(12)7-9-3-5-14-6-4-9/h1-6,8,15H,7,13H2. The number of phenolic OH excluding ortho intramolecular Hbond substituents is 1. The van der Waals surface area contributed by atoms with Gasteiger partial charge < -0.3 is 10.8 Å². The maximum Gasteiger partial charge on any atom is 0.116 e. The summed E-state index contributed by atoms with van der Waals surface area (Å²) in [6.45, 7) is 0. The van der Waals surface area contributed by atoms with Crippen molar-refractivity contribution >= 4 is 5.69 Å². The molecular formula is C12H12N2O. The van der Waals surface area contributed by atoms with Crippen molar-refractivity contribution in [3.05, 3.63) is 53.9 Å². The molecule has 0 aliphatic rings. The van der Waals surface area contributed by atoms with Crippen LogP contribution in [0.25, 0.3) is 0 Å². The SMILES string of the molecule is Nc1ccc(O)cc1Cc1ccncc1. The van der Waals surface area contributed by atoms with Crippen LogP contribution in [-0.2, 0) is 6.42 Å². The van der Waals surface area contributed by atoms with E-state index in [0.29, 0.717) is 12.1 Å². The number of nitrogens with two attached hydrogens (primary N) is 1. The average Bonchev–Trinajstić information content (AvgIpc) is 2.25. The van der Waals surface area contributed by atoms with Crippen LogP contribution in [0.15, 0.2) is 42.7 Å². The molecule has 76 valence electrons. The van der Waals surface area contributed by atoms with Crippen LogP contribution < -0.4 is 5.73 Å². The number of aromatic nitrogens is 1. The first-order chi connectivity index (χ1) is 7.25. The van der Waals surface area contributed by atoms with E-state index in [1.54, 1.807) is 30.6 Å². The molecule has 0 saturated heterocycles. The Labute approximate surface area is 88.2 Å². The van der Waals surface area contributed by atoms with Crippen LogP contribution in [0.1, 0.15) is 11.1 Å². The average molecular weight is 200 g/mol. The first-order valence-corrected chi connectivity index (χ1v) is 4.72. The summed E-state index contributed by atoms with van der Waals surface area (Å²) in [6.07, 6.45) is 4.20. The molecule has 0 radical (unpaired) electrons. The first-order valence-electron chi connectivity index (χ1n) is 4.72. The van der Waals surface area contributed by atoms with Gasteiger partial charge in [-0.3, -0.25) is 4.98 Å². The maximum absolute atomic E-state index is 9.35. The van der Waals surface area contributed by atoms with Crippen LogP contribution in [0.3, 0.4) is 0 Å². The lowest BCUT2D eigenvalue weighted by Gasteiger charge is -2.05. The van der Waals surface area contributed by atoms with Gasteiger partial charge in [-0.15, -0.1) is 0 Å². The molecule has 3 nitrogen and oxygen atoms in total. The van der Waals surface area contributed by atoms with Gasteiger partial charge in [0.25, 0.3) is 0 Å². The number of nitrogen functional groups attached to an aromatic ring is 1. The monoisotopic (exact) mass is 200 g/mol. The summed E-state index contributed by atoms with van der Waals surface area (Å²) in [6, 6.07) is 8.86. The molecule has 0 spiro atoms. The third-order valence-electron chi connectivity index (χ3n) is 2.27. The molecule has 0 fully saturated rings. The van der Waals surface area contributed by atoms with Crippen molar-refractivity contribution in [1.29, 1.82) is 0 Å². The van der Waals surface area contributed by atoms with Gasteiger partial charge in [0.1, 0.15) is 5.75 Å². The zero-order valence-corrected chi connectivity index (χ0v) is 8.22. The van der Waals surface area contributed by atoms with Crippen LogP contribution >= 0.6 is 0 Å². The first kappa shape index (κ1) is 9.52. The molecule has 0 atom stereocenters. The summed E-state index contributed by atoms with van der Waals surface area (Å²) in [5.74, 6) is 0.244.